The number of nitrogens with one attached hydrogen (secondary N) is 1. The molecule has 2 amide bonds. The van der Waals surface area contributed by atoms with Crippen molar-refractivity contribution in [1.82, 2.24) is 15.1 Å². The number of nitrogens with zero attached hydrogens (tertiary/aromatic N) is 2. The average Bonchev–Trinajstić information content (AvgIpc) is 2.98. The highest BCUT2D eigenvalue weighted by atomic mass is 16.2. The molecule has 2 rings (SSSR count). The summed E-state index contributed by atoms with van der Waals surface area (Å²) >= 11 is 0. The van der Waals surface area contributed by atoms with Crippen molar-refractivity contribution in [3.8, 4) is 0 Å². The number of carbonyl (C=O) groups excluding carboxylic acids is 2. The van der Waals surface area contributed by atoms with Crippen molar-refractivity contribution in [2.75, 3.05) is 39.8 Å². The molecule has 0 aromatic heterocycles. The Labute approximate surface area is 133 Å². The fourth-order valence-electron chi connectivity index (χ4n) is 3.42. The van der Waals surface area contributed by atoms with Crippen molar-refractivity contribution >= 4 is 11.8 Å². The van der Waals surface area contributed by atoms with Gasteiger partial charge in [-0.2, -0.15) is 0 Å². The van der Waals surface area contributed by atoms with Gasteiger partial charge in [0.2, 0.25) is 11.8 Å². The number of allylic oxidation sites excluding steroid dienone is 2. The van der Waals surface area contributed by atoms with Gasteiger partial charge >= 0.3 is 0 Å². The van der Waals surface area contributed by atoms with E-state index in [9.17, 15) is 9.59 Å². The fourth-order valence-corrected chi connectivity index (χ4v) is 3.42. The topological polar surface area (TPSA) is 52.7 Å². The predicted octanol–water partition coefficient (Wildman–Crippen LogP) is 1.11. The molecule has 1 aliphatic heterocycles. The Bertz CT molecular complexity index is 472. The maximum Gasteiger partial charge on any atom is 0.233 e. The molecule has 1 heterocycles. The van der Waals surface area contributed by atoms with E-state index in [2.05, 4.69) is 44.0 Å². The standard InChI is InChI=1S/C17H29N3O2/c1-12(2)10-13-15(17(13,3)4)16(22)20-8-6-19(7-9-20)11-14(21)18-5/h10,13,15H,6-9,11H2,1-5H3,(H,18,21). The van der Waals surface area contributed by atoms with Crippen molar-refractivity contribution in [1.29, 1.82) is 0 Å². The maximum atomic E-state index is 12.8. The summed E-state index contributed by atoms with van der Waals surface area (Å²) < 4.78 is 0. The van der Waals surface area contributed by atoms with E-state index in [0.29, 0.717) is 12.5 Å². The first kappa shape index (κ1) is 17.0. The predicted molar refractivity (Wildman–Crippen MR) is 87.3 cm³/mol. The van der Waals surface area contributed by atoms with E-state index < -0.39 is 0 Å². The minimum absolute atomic E-state index is 0.0340. The number of likely N-dealkylation sites (N-methyl/N-ethyl adjacent to an activating group) is 1. The smallest absolute Gasteiger partial charge is 0.233 e. The van der Waals surface area contributed by atoms with Crippen LogP contribution in [0.15, 0.2) is 11.6 Å². The Hall–Kier alpha value is -1.36. The van der Waals surface area contributed by atoms with E-state index in [1.54, 1.807) is 7.05 Å². The molecule has 1 aliphatic carbocycles. The molecule has 1 saturated carbocycles. The lowest BCUT2D eigenvalue weighted by molar-refractivity contribution is -0.135. The lowest BCUT2D eigenvalue weighted by atomic mass is 10.1. The highest BCUT2D eigenvalue weighted by Crippen LogP contribution is 2.60. The molecule has 5 heteroatoms. The second kappa shape index (κ2) is 6.41. The number of carbonyl (C=O) groups is 2. The summed E-state index contributed by atoms with van der Waals surface area (Å²) in [5.74, 6) is 0.806. The number of piperazine rings is 1. The zero-order valence-electron chi connectivity index (χ0n) is 14.5. The highest BCUT2D eigenvalue weighted by Gasteiger charge is 2.61. The molecule has 2 aliphatic rings. The molecule has 0 spiro atoms. The van der Waals surface area contributed by atoms with Gasteiger partial charge in [0, 0.05) is 33.2 Å². The van der Waals surface area contributed by atoms with Crippen molar-refractivity contribution in [2.24, 2.45) is 17.3 Å². The van der Waals surface area contributed by atoms with Crippen molar-refractivity contribution in [3.63, 3.8) is 0 Å². The second-order valence-corrected chi connectivity index (χ2v) is 7.34. The SMILES string of the molecule is CNC(=O)CN1CCN(C(=O)C2C(C=C(C)C)C2(C)C)CC1. The van der Waals surface area contributed by atoms with E-state index in [1.165, 1.54) is 5.57 Å². The average molecular weight is 307 g/mol. The lowest BCUT2D eigenvalue weighted by Crippen LogP contribution is -2.51. The first-order valence-corrected chi connectivity index (χ1v) is 8.14. The summed E-state index contributed by atoms with van der Waals surface area (Å²) in [5.41, 5.74) is 1.36. The zero-order valence-corrected chi connectivity index (χ0v) is 14.5. The van der Waals surface area contributed by atoms with Gasteiger partial charge in [0.05, 0.1) is 12.5 Å². The number of hydrogen-bond acceptors (Lipinski definition) is 3. The molecule has 124 valence electrons. The molecule has 0 bridgehead atoms. The summed E-state index contributed by atoms with van der Waals surface area (Å²) in [7, 11) is 1.65. The first-order valence-electron chi connectivity index (χ1n) is 8.14. The molecule has 22 heavy (non-hydrogen) atoms. The number of amides is 2. The van der Waals surface area contributed by atoms with Crippen LogP contribution in [0.3, 0.4) is 0 Å². The fraction of sp³-hybridized carbons (Fsp3) is 0.765. The van der Waals surface area contributed by atoms with Gasteiger partial charge in [0.1, 0.15) is 0 Å². The Morgan fingerprint density at radius 2 is 1.77 bits per heavy atom. The van der Waals surface area contributed by atoms with Crippen LogP contribution in [-0.4, -0.2) is 61.4 Å². The maximum absolute atomic E-state index is 12.8. The van der Waals surface area contributed by atoms with Crippen LogP contribution in [0.5, 0.6) is 0 Å². The van der Waals surface area contributed by atoms with Gasteiger partial charge < -0.3 is 10.2 Å². The molecule has 5 nitrogen and oxygen atoms in total. The Balaban J connectivity index is 1.88. The van der Waals surface area contributed by atoms with Crippen LogP contribution in [0.1, 0.15) is 27.7 Å². The minimum Gasteiger partial charge on any atom is -0.358 e. The van der Waals surface area contributed by atoms with Gasteiger partial charge in [-0.3, -0.25) is 14.5 Å². The van der Waals surface area contributed by atoms with E-state index in [0.717, 1.165) is 26.2 Å². The van der Waals surface area contributed by atoms with E-state index in [1.807, 2.05) is 4.90 Å². The van der Waals surface area contributed by atoms with Crippen LogP contribution in [-0.2, 0) is 9.59 Å². The molecule has 0 aromatic rings. The molecule has 0 radical (unpaired) electrons. The van der Waals surface area contributed by atoms with Crippen molar-refractivity contribution < 1.29 is 9.59 Å². The van der Waals surface area contributed by atoms with E-state index in [4.69, 9.17) is 0 Å². The van der Waals surface area contributed by atoms with Crippen LogP contribution in [0.4, 0.5) is 0 Å². The molecule has 2 fully saturated rings. The third-order valence-electron chi connectivity index (χ3n) is 5.02. The van der Waals surface area contributed by atoms with Gasteiger partial charge in [-0.15, -0.1) is 0 Å². The highest BCUT2D eigenvalue weighted by molar-refractivity contribution is 5.84. The van der Waals surface area contributed by atoms with E-state index in [-0.39, 0.29) is 23.1 Å². The summed E-state index contributed by atoms with van der Waals surface area (Å²) in [4.78, 5) is 28.2. The van der Waals surface area contributed by atoms with Crippen LogP contribution in [0, 0.1) is 17.3 Å². The number of hydrogen-bond donors (Lipinski definition) is 1. The van der Waals surface area contributed by atoms with Gasteiger partial charge in [-0.05, 0) is 25.2 Å². The van der Waals surface area contributed by atoms with Crippen LogP contribution < -0.4 is 5.32 Å². The molecule has 0 aromatic carbocycles. The molecular weight excluding hydrogens is 278 g/mol. The largest absolute Gasteiger partial charge is 0.358 e. The Morgan fingerprint density at radius 1 is 1.18 bits per heavy atom. The zero-order chi connectivity index (χ0) is 16.5. The van der Waals surface area contributed by atoms with Crippen molar-refractivity contribution in [3.05, 3.63) is 11.6 Å². The Kier molecular flexibility index (Phi) is 4.95. The molecule has 2 atom stereocenters. The Morgan fingerprint density at radius 3 is 2.27 bits per heavy atom. The van der Waals surface area contributed by atoms with E-state index >= 15 is 0 Å². The van der Waals surface area contributed by atoms with Crippen LogP contribution in [0.25, 0.3) is 0 Å². The quantitative estimate of drug-likeness (QED) is 0.792. The minimum atomic E-state index is 0.0340. The van der Waals surface area contributed by atoms with Gasteiger partial charge in [-0.25, -0.2) is 0 Å². The lowest BCUT2D eigenvalue weighted by Gasteiger charge is -2.34. The van der Waals surface area contributed by atoms with Crippen molar-refractivity contribution in [2.45, 2.75) is 27.7 Å². The van der Waals surface area contributed by atoms with Gasteiger partial charge in [-0.1, -0.05) is 25.5 Å². The first-order chi connectivity index (χ1) is 10.3. The van der Waals surface area contributed by atoms with Crippen LogP contribution in [0.2, 0.25) is 0 Å². The van der Waals surface area contributed by atoms with Gasteiger partial charge in [0.15, 0.2) is 0 Å². The summed E-state index contributed by atoms with van der Waals surface area (Å²) in [6, 6.07) is 0. The summed E-state index contributed by atoms with van der Waals surface area (Å²) in [5, 5.41) is 2.64. The van der Waals surface area contributed by atoms with Crippen LogP contribution >= 0.6 is 0 Å². The molecule has 2 unspecified atom stereocenters. The van der Waals surface area contributed by atoms with Gasteiger partial charge in [0.25, 0.3) is 0 Å². The summed E-state index contributed by atoms with van der Waals surface area (Å²) in [6.07, 6.45) is 2.24. The monoisotopic (exact) mass is 307 g/mol. The molecule has 1 N–H and O–H groups in total. The molecule has 1 saturated heterocycles. The third-order valence-corrected chi connectivity index (χ3v) is 5.02. The molecular formula is C17H29N3O2. The summed E-state index contributed by atoms with van der Waals surface area (Å²) in [6.45, 7) is 12.0. The third kappa shape index (κ3) is 3.51. The normalized spacial score (nSPS) is 27.2. The second-order valence-electron chi connectivity index (χ2n) is 7.34. The number of rotatable bonds is 4.